The molecule has 0 unspecified atom stereocenters. The Balaban J connectivity index is 1.38. The summed E-state index contributed by atoms with van der Waals surface area (Å²) >= 11 is 0. The van der Waals surface area contributed by atoms with E-state index in [0.29, 0.717) is 0 Å². The Labute approximate surface area is 244 Å². The summed E-state index contributed by atoms with van der Waals surface area (Å²) in [7, 11) is -0.454. The van der Waals surface area contributed by atoms with Crippen LogP contribution in [0.1, 0.15) is 27.7 Å². The second-order valence-electron chi connectivity index (χ2n) is 12.0. The van der Waals surface area contributed by atoms with Crippen molar-refractivity contribution in [1.29, 1.82) is 0 Å². The van der Waals surface area contributed by atoms with Crippen molar-refractivity contribution in [3.63, 3.8) is 0 Å². The molecule has 8 rings (SSSR count). The van der Waals surface area contributed by atoms with Gasteiger partial charge in [-0.05, 0) is 93.1 Å². The maximum Gasteiger partial charge on any atom is 0.494 e. The van der Waals surface area contributed by atoms with Crippen LogP contribution in [0.3, 0.4) is 0 Å². The third-order valence-corrected chi connectivity index (χ3v) is 8.87. The van der Waals surface area contributed by atoms with Crippen LogP contribution >= 0.6 is 0 Å². The van der Waals surface area contributed by atoms with Gasteiger partial charge in [-0.2, -0.15) is 0 Å². The first-order valence-electron chi connectivity index (χ1n) is 14.3. The van der Waals surface area contributed by atoms with Crippen molar-refractivity contribution in [2.45, 2.75) is 38.9 Å². The lowest BCUT2D eigenvalue weighted by Crippen LogP contribution is -2.41. The fraction of sp³-hybridized carbons (Fsp3) is 0.171. The monoisotopic (exact) mass is 548 g/mol. The van der Waals surface area contributed by atoms with E-state index < -0.39 is 18.3 Å². The number of rotatable bonds is 3. The highest BCUT2D eigenvalue weighted by Gasteiger charge is 2.51. The maximum absolute atomic E-state index is 6.44. The molecule has 4 aromatic heterocycles. The predicted molar refractivity (Wildman–Crippen MR) is 170 cm³/mol. The van der Waals surface area contributed by atoms with Crippen LogP contribution in [-0.2, 0) is 9.31 Å². The number of pyridine rings is 3. The van der Waals surface area contributed by atoms with E-state index in [1.807, 2.05) is 42.5 Å². The molecule has 0 saturated carbocycles. The number of fused-ring (bicyclic) bond motifs is 8. The zero-order valence-corrected chi connectivity index (χ0v) is 24.0. The third-order valence-electron chi connectivity index (χ3n) is 8.87. The van der Waals surface area contributed by atoms with Crippen molar-refractivity contribution in [2.75, 3.05) is 0 Å². The Bertz CT molecular complexity index is 2160. The zero-order valence-electron chi connectivity index (χ0n) is 24.0. The summed E-state index contributed by atoms with van der Waals surface area (Å²) in [5, 5.41) is 3.29. The Morgan fingerprint density at radius 3 is 2.19 bits per heavy atom. The molecule has 3 aromatic carbocycles. The van der Waals surface area contributed by atoms with Gasteiger partial charge in [0.05, 0.1) is 44.8 Å². The molecule has 0 N–H and O–H groups in total. The van der Waals surface area contributed by atoms with Crippen LogP contribution in [-0.4, -0.2) is 37.7 Å². The average molecular weight is 548 g/mol. The number of aromatic nitrogens is 4. The fourth-order valence-corrected chi connectivity index (χ4v) is 5.91. The summed E-state index contributed by atoms with van der Waals surface area (Å²) in [4.78, 5) is 14.6. The Hall–Kier alpha value is -4.59. The van der Waals surface area contributed by atoms with E-state index in [0.717, 1.165) is 66.5 Å². The van der Waals surface area contributed by atoms with E-state index in [1.165, 1.54) is 0 Å². The molecular formula is C35H29BN4O2. The first-order valence-corrected chi connectivity index (χ1v) is 14.3. The van der Waals surface area contributed by atoms with Crippen LogP contribution < -0.4 is 5.46 Å². The number of nitrogens with zero attached hydrogens (tertiary/aromatic N) is 4. The molecule has 0 amide bonds. The first kappa shape index (κ1) is 25.2. The lowest BCUT2D eigenvalue weighted by Gasteiger charge is -2.32. The standard InChI is InChI=1S/C35H29BN4O2/c1-34(2)35(3,4)42-36(41-34)23-16-18-31-26(21-23)25-20-22(27-12-9-13-29(38-27)28-10-7-8-19-37-28)15-17-24(25)33-39-30-11-5-6-14-32(30)40(31)33/h5-21H,1-4H3. The van der Waals surface area contributed by atoms with Gasteiger partial charge >= 0.3 is 7.12 Å². The molecule has 0 bridgehead atoms. The van der Waals surface area contributed by atoms with Gasteiger partial charge in [0, 0.05) is 22.5 Å². The number of benzene rings is 3. The molecule has 7 heteroatoms. The molecule has 1 aliphatic heterocycles. The van der Waals surface area contributed by atoms with E-state index in [-0.39, 0.29) is 0 Å². The minimum atomic E-state index is -0.454. The summed E-state index contributed by atoms with van der Waals surface area (Å²) in [6.45, 7) is 8.35. The quantitative estimate of drug-likeness (QED) is 0.172. The predicted octanol–water partition coefficient (Wildman–Crippen LogP) is 7.22. The van der Waals surface area contributed by atoms with Crippen molar-refractivity contribution in [2.24, 2.45) is 0 Å². The van der Waals surface area contributed by atoms with Gasteiger partial charge in [0.2, 0.25) is 0 Å². The SMILES string of the molecule is CC1(C)OB(c2ccc3c(c2)c2cc(-c4cccc(-c5ccccn5)n4)ccc2c2nc4ccccc4n32)OC1(C)C. The Morgan fingerprint density at radius 2 is 1.38 bits per heavy atom. The molecule has 7 aromatic rings. The van der Waals surface area contributed by atoms with Crippen LogP contribution in [0.5, 0.6) is 0 Å². The van der Waals surface area contributed by atoms with Gasteiger partial charge in [-0.25, -0.2) is 9.97 Å². The van der Waals surface area contributed by atoms with Crippen molar-refractivity contribution >= 4 is 50.9 Å². The summed E-state index contributed by atoms with van der Waals surface area (Å²) in [6.07, 6.45) is 1.79. The topological polar surface area (TPSA) is 61.5 Å². The minimum absolute atomic E-state index is 0.420. The largest absolute Gasteiger partial charge is 0.494 e. The molecule has 1 saturated heterocycles. The van der Waals surface area contributed by atoms with Crippen molar-refractivity contribution in [1.82, 2.24) is 19.4 Å². The van der Waals surface area contributed by atoms with Gasteiger partial charge in [-0.3, -0.25) is 9.38 Å². The average Bonchev–Trinajstić information content (AvgIpc) is 3.50. The molecule has 204 valence electrons. The van der Waals surface area contributed by atoms with Crippen LogP contribution in [0.15, 0.2) is 103 Å². The lowest BCUT2D eigenvalue weighted by molar-refractivity contribution is 0.00578. The van der Waals surface area contributed by atoms with Gasteiger partial charge < -0.3 is 9.31 Å². The molecule has 0 atom stereocenters. The van der Waals surface area contributed by atoms with E-state index in [2.05, 4.69) is 91.7 Å². The Kier molecular flexibility index (Phi) is 5.36. The van der Waals surface area contributed by atoms with Crippen LogP contribution in [0.4, 0.5) is 0 Å². The van der Waals surface area contributed by atoms with Crippen molar-refractivity contribution < 1.29 is 9.31 Å². The molecule has 1 fully saturated rings. The number of hydrogen-bond acceptors (Lipinski definition) is 5. The minimum Gasteiger partial charge on any atom is -0.399 e. The second kappa shape index (κ2) is 8.96. The number of imidazole rings is 1. The fourth-order valence-electron chi connectivity index (χ4n) is 5.91. The molecule has 42 heavy (non-hydrogen) atoms. The smallest absolute Gasteiger partial charge is 0.399 e. The molecule has 5 heterocycles. The van der Waals surface area contributed by atoms with E-state index in [4.69, 9.17) is 19.3 Å². The first-order chi connectivity index (χ1) is 20.3. The van der Waals surface area contributed by atoms with E-state index in [9.17, 15) is 0 Å². The highest BCUT2D eigenvalue weighted by molar-refractivity contribution is 6.62. The van der Waals surface area contributed by atoms with E-state index in [1.54, 1.807) is 6.20 Å². The number of para-hydroxylation sites is 2. The molecule has 1 aliphatic rings. The number of hydrogen-bond donors (Lipinski definition) is 0. The molecule has 0 radical (unpaired) electrons. The molecule has 6 nitrogen and oxygen atoms in total. The van der Waals surface area contributed by atoms with Crippen LogP contribution in [0, 0.1) is 0 Å². The van der Waals surface area contributed by atoms with Gasteiger partial charge in [0.25, 0.3) is 0 Å². The Morgan fingerprint density at radius 1 is 0.619 bits per heavy atom. The third kappa shape index (κ3) is 3.77. The van der Waals surface area contributed by atoms with Gasteiger partial charge in [0.1, 0.15) is 5.65 Å². The lowest BCUT2D eigenvalue weighted by atomic mass is 9.78. The van der Waals surface area contributed by atoms with Crippen molar-refractivity contribution in [3.8, 4) is 22.6 Å². The van der Waals surface area contributed by atoms with Crippen molar-refractivity contribution in [3.05, 3.63) is 103 Å². The maximum atomic E-state index is 6.44. The highest BCUT2D eigenvalue weighted by Crippen LogP contribution is 2.38. The molecular weight excluding hydrogens is 519 g/mol. The zero-order chi connectivity index (χ0) is 28.6. The summed E-state index contributed by atoms with van der Waals surface area (Å²) in [5.74, 6) is 0. The molecule has 0 spiro atoms. The van der Waals surface area contributed by atoms with Crippen LogP contribution in [0.25, 0.3) is 61.0 Å². The highest BCUT2D eigenvalue weighted by atomic mass is 16.7. The normalized spacial score (nSPS) is 16.2. The van der Waals surface area contributed by atoms with Crippen LogP contribution in [0.2, 0.25) is 0 Å². The summed E-state index contributed by atoms with van der Waals surface area (Å²) in [6, 6.07) is 33.3. The van der Waals surface area contributed by atoms with Gasteiger partial charge in [-0.15, -0.1) is 0 Å². The van der Waals surface area contributed by atoms with Gasteiger partial charge in [0.15, 0.2) is 0 Å². The summed E-state index contributed by atoms with van der Waals surface area (Å²) in [5.41, 5.74) is 7.83. The van der Waals surface area contributed by atoms with Gasteiger partial charge in [-0.1, -0.05) is 42.5 Å². The second-order valence-corrected chi connectivity index (χ2v) is 12.0. The molecule has 0 aliphatic carbocycles. The summed E-state index contributed by atoms with van der Waals surface area (Å²) < 4.78 is 15.2. The van der Waals surface area contributed by atoms with E-state index >= 15 is 0 Å².